The Morgan fingerprint density at radius 1 is 1.18 bits per heavy atom. The summed E-state index contributed by atoms with van der Waals surface area (Å²) in [4.78, 5) is 25.1. The van der Waals surface area contributed by atoms with Gasteiger partial charge < -0.3 is 14.2 Å². The van der Waals surface area contributed by atoms with E-state index in [1.807, 2.05) is 24.3 Å². The van der Waals surface area contributed by atoms with Crippen molar-refractivity contribution in [3.8, 4) is 5.75 Å². The molecule has 0 aliphatic heterocycles. The Balaban J connectivity index is 1.88. The van der Waals surface area contributed by atoms with E-state index in [1.54, 1.807) is 13.2 Å². The second-order valence-electron chi connectivity index (χ2n) is 10.00. The number of hydrogen-bond acceptors (Lipinski definition) is 5. The summed E-state index contributed by atoms with van der Waals surface area (Å²) in [6.07, 6.45) is 5.20. The number of hydrogen-bond donors (Lipinski definition) is 0. The van der Waals surface area contributed by atoms with Gasteiger partial charge in [-0.05, 0) is 61.6 Å². The van der Waals surface area contributed by atoms with Gasteiger partial charge in [-0.1, -0.05) is 37.3 Å². The number of fused-ring (bicyclic) bond motifs is 1. The Labute approximate surface area is 198 Å². The molecular weight excluding hydrogens is 416 g/mol. The molecule has 0 radical (unpaired) electrons. The smallest absolute Gasteiger partial charge is 0.302 e. The average Bonchev–Trinajstić information content (AvgIpc) is 2.78. The highest BCUT2D eigenvalue weighted by atomic mass is 16.5. The molecule has 5 heteroatoms. The van der Waals surface area contributed by atoms with Gasteiger partial charge in [-0.2, -0.15) is 0 Å². The zero-order chi connectivity index (χ0) is 24.2. The zero-order valence-corrected chi connectivity index (χ0v) is 20.5. The number of allylic oxidation sites excluding steroid dienone is 1. The number of Topliss-reactive ketones (excluding diaryl/α,β-unsaturated/α-hetero) is 1. The molecular formula is C28H38O5. The van der Waals surface area contributed by atoms with Crippen molar-refractivity contribution in [1.29, 1.82) is 0 Å². The molecule has 1 aromatic carbocycles. The molecule has 2 fully saturated rings. The van der Waals surface area contributed by atoms with Crippen molar-refractivity contribution < 1.29 is 23.8 Å². The summed E-state index contributed by atoms with van der Waals surface area (Å²) in [5.41, 5.74) is 1.33. The molecule has 1 aromatic rings. The predicted octanol–water partition coefficient (Wildman–Crippen LogP) is 5.68. The second-order valence-corrected chi connectivity index (χ2v) is 10.00. The van der Waals surface area contributed by atoms with Crippen molar-refractivity contribution in [2.24, 2.45) is 22.7 Å². The highest BCUT2D eigenvalue weighted by molar-refractivity contribution is 5.87. The topological polar surface area (TPSA) is 61.8 Å². The lowest BCUT2D eigenvalue weighted by Crippen LogP contribution is -2.60. The third kappa shape index (κ3) is 4.93. The van der Waals surface area contributed by atoms with Crippen LogP contribution in [0.3, 0.4) is 0 Å². The van der Waals surface area contributed by atoms with Gasteiger partial charge in [-0.3, -0.25) is 9.59 Å². The van der Waals surface area contributed by atoms with E-state index in [0.717, 1.165) is 42.6 Å². The van der Waals surface area contributed by atoms with E-state index in [2.05, 4.69) is 27.0 Å². The van der Waals surface area contributed by atoms with Gasteiger partial charge in [0.05, 0.1) is 31.8 Å². The van der Waals surface area contributed by atoms with Crippen LogP contribution in [0.2, 0.25) is 0 Å². The van der Waals surface area contributed by atoms with Crippen molar-refractivity contribution in [3.63, 3.8) is 0 Å². The van der Waals surface area contributed by atoms with Crippen LogP contribution in [0.1, 0.15) is 58.4 Å². The van der Waals surface area contributed by atoms with Crippen LogP contribution in [0.15, 0.2) is 49.1 Å². The standard InChI is InChI=1S/C28H38O5/c1-7-8-25(30)28(5)24-14-9-19(2)23(18-32-20(3)29)27(24,4)16-15-26(28)33-17-21-10-12-22(31-6)13-11-21/h7,10-13,23-24,26H,1-2,8-9,14-18H2,3-6H3/t23-,24+,26-,27+,28+/m0/s1. The van der Waals surface area contributed by atoms with Gasteiger partial charge in [0.25, 0.3) is 0 Å². The van der Waals surface area contributed by atoms with Gasteiger partial charge in [-0.25, -0.2) is 0 Å². The largest absolute Gasteiger partial charge is 0.497 e. The molecule has 5 atom stereocenters. The summed E-state index contributed by atoms with van der Waals surface area (Å²) >= 11 is 0. The van der Waals surface area contributed by atoms with Crippen LogP contribution >= 0.6 is 0 Å². The zero-order valence-electron chi connectivity index (χ0n) is 20.5. The Hall–Kier alpha value is -2.40. The molecule has 0 amide bonds. The number of carbonyl (C=O) groups is 2. The average molecular weight is 455 g/mol. The second kappa shape index (κ2) is 10.3. The molecule has 0 spiro atoms. The first kappa shape index (κ1) is 25.2. The van der Waals surface area contributed by atoms with Crippen LogP contribution in [-0.4, -0.2) is 31.6 Å². The van der Waals surface area contributed by atoms with Crippen LogP contribution in [0.5, 0.6) is 5.75 Å². The minimum Gasteiger partial charge on any atom is -0.497 e. The molecule has 2 aliphatic carbocycles. The van der Waals surface area contributed by atoms with Crippen LogP contribution in [0.4, 0.5) is 0 Å². The maximum atomic E-state index is 13.6. The lowest BCUT2D eigenvalue weighted by atomic mass is 9.45. The molecule has 0 unspecified atom stereocenters. The van der Waals surface area contributed by atoms with Crippen molar-refractivity contribution in [3.05, 3.63) is 54.6 Å². The third-order valence-corrected chi connectivity index (χ3v) is 8.17. The SMILES string of the molecule is C=CCC(=O)[C@]1(C)[C@@H](OCc2ccc(OC)cc2)CC[C@@]2(C)[C@H]1CCC(=C)[C@@H]2COC(C)=O. The summed E-state index contributed by atoms with van der Waals surface area (Å²) < 4.78 is 17.2. The Bertz CT molecular complexity index is 888. The number of benzene rings is 1. The summed E-state index contributed by atoms with van der Waals surface area (Å²) in [5, 5.41) is 0. The van der Waals surface area contributed by atoms with E-state index in [9.17, 15) is 9.59 Å². The number of rotatable bonds is 9. The number of carbonyl (C=O) groups excluding carboxylic acids is 2. The molecule has 5 nitrogen and oxygen atoms in total. The number of ketones is 1. The van der Waals surface area contributed by atoms with Crippen LogP contribution in [0.25, 0.3) is 0 Å². The highest BCUT2D eigenvalue weighted by Gasteiger charge is 2.61. The molecule has 180 valence electrons. The van der Waals surface area contributed by atoms with E-state index in [0.29, 0.717) is 19.6 Å². The molecule has 3 rings (SSSR count). The maximum absolute atomic E-state index is 13.6. The fraction of sp³-hybridized carbons (Fsp3) is 0.571. The minimum absolute atomic E-state index is 0.0403. The predicted molar refractivity (Wildman–Crippen MR) is 129 cm³/mol. The molecule has 2 aliphatic rings. The fourth-order valence-corrected chi connectivity index (χ4v) is 6.25. The molecule has 0 saturated heterocycles. The molecule has 0 N–H and O–H groups in total. The van der Waals surface area contributed by atoms with Gasteiger partial charge in [0, 0.05) is 19.3 Å². The Morgan fingerprint density at radius 3 is 2.48 bits per heavy atom. The van der Waals surface area contributed by atoms with Crippen LogP contribution in [-0.2, 0) is 25.7 Å². The lowest BCUT2D eigenvalue weighted by Gasteiger charge is -2.60. The van der Waals surface area contributed by atoms with E-state index in [4.69, 9.17) is 14.2 Å². The molecule has 33 heavy (non-hydrogen) atoms. The van der Waals surface area contributed by atoms with Crippen molar-refractivity contribution >= 4 is 11.8 Å². The van der Waals surface area contributed by atoms with E-state index >= 15 is 0 Å². The monoisotopic (exact) mass is 454 g/mol. The van der Waals surface area contributed by atoms with Crippen LogP contribution < -0.4 is 4.74 Å². The molecule has 0 bridgehead atoms. The van der Waals surface area contributed by atoms with Crippen molar-refractivity contribution in [2.45, 2.75) is 65.6 Å². The number of methoxy groups -OCH3 is 1. The minimum atomic E-state index is -0.650. The maximum Gasteiger partial charge on any atom is 0.302 e. The number of ether oxygens (including phenoxy) is 3. The normalized spacial score (nSPS) is 31.4. The van der Waals surface area contributed by atoms with Crippen LogP contribution in [0, 0.1) is 22.7 Å². The summed E-state index contributed by atoms with van der Waals surface area (Å²) in [6, 6.07) is 7.83. The molecule has 0 heterocycles. The Morgan fingerprint density at radius 2 is 1.88 bits per heavy atom. The van der Waals surface area contributed by atoms with Gasteiger partial charge >= 0.3 is 5.97 Å². The third-order valence-electron chi connectivity index (χ3n) is 8.17. The van der Waals surface area contributed by atoms with Gasteiger partial charge in [-0.15, -0.1) is 6.58 Å². The Kier molecular flexibility index (Phi) is 7.84. The first-order valence-electron chi connectivity index (χ1n) is 11.9. The van der Waals surface area contributed by atoms with E-state index < -0.39 is 5.41 Å². The fourth-order valence-electron chi connectivity index (χ4n) is 6.25. The van der Waals surface area contributed by atoms with Gasteiger partial charge in [0.1, 0.15) is 11.5 Å². The molecule has 0 aromatic heterocycles. The number of esters is 1. The van der Waals surface area contributed by atoms with Crippen molar-refractivity contribution in [2.75, 3.05) is 13.7 Å². The lowest BCUT2D eigenvalue weighted by molar-refractivity contribution is -0.180. The summed E-state index contributed by atoms with van der Waals surface area (Å²) in [6.45, 7) is 14.7. The summed E-state index contributed by atoms with van der Waals surface area (Å²) in [5.74, 6) is 0.846. The first-order valence-corrected chi connectivity index (χ1v) is 11.9. The highest BCUT2D eigenvalue weighted by Crippen LogP contribution is 2.62. The van der Waals surface area contributed by atoms with E-state index in [1.165, 1.54) is 6.92 Å². The first-order chi connectivity index (χ1) is 15.7. The van der Waals surface area contributed by atoms with Crippen molar-refractivity contribution in [1.82, 2.24) is 0 Å². The van der Waals surface area contributed by atoms with Gasteiger partial charge in [0.2, 0.25) is 0 Å². The molecule has 2 saturated carbocycles. The van der Waals surface area contributed by atoms with Gasteiger partial charge in [0.15, 0.2) is 0 Å². The van der Waals surface area contributed by atoms with E-state index in [-0.39, 0.29) is 35.1 Å². The summed E-state index contributed by atoms with van der Waals surface area (Å²) in [7, 11) is 1.65. The quantitative estimate of drug-likeness (QED) is 0.355.